The van der Waals surface area contributed by atoms with Gasteiger partial charge in [0.05, 0.1) is 6.33 Å². The number of H-pyrrole nitrogens is 1. The number of nitrogens with two attached hydrogens (primary N) is 1. The van der Waals surface area contributed by atoms with Gasteiger partial charge in [-0.05, 0) is 25.7 Å². The third-order valence-corrected chi connectivity index (χ3v) is 3.16. The van der Waals surface area contributed by atoms with E-state index in [1.165, 1.54) is 12.4 Å². The maximum absolute atomic E-state index is 11.1. The van der Waals surface area contributed by atoms with Gasteiger partial charge >= 0.3 is 0 Å². The van der Waals surface area contributed by atoms with Crippen LogP contribution in [0.3, 0.4) is 0 Å². The van der Waals surface area contributed by atoms with Crippen LogP contribution in [0.25, 0.3) is 0 Å². The first-order chi connectivity index (χ1) is 8.15. The highest BCUT2D eigenvalue weighted by atomic mass is 16.1. The zero-order valence-corrected chi connectivity index (χ0v) is 9.48. The highest BCUT2D eigenvalue weighted by molar-refractivity contribution is 5.76. The molecular weight excluding hydrogens is 220 g/mol. The van der Waals surface area contributed by atoms with Gasteiger partial charge in [-0.15, -0.1) is 0 Å². The van der Waals surface area contributed by atoms with E-state index in [1.54, 1.807) is 0 Å². The van der Waals surface area contributed by atoms with Crippen molar-refractivity contribution in [3.05, 3.63) is 22.7 Å². The van der Waals surface area contributed by atoms with Gasteiger partial charge in [0.15, 0.2) is 0 Å². The standard InChI is InChI=1S/C11H16N4O2/c12-11(17)7-1-3-8(4-2-7)15-9-5-10(16)14-6-13-9/h5-8H,1-4H2,(H2,12,17)(H2,13,14,15,16). The van der Waals surface area contributed by atoms with Gasteiger partial charge in [0, 0.05) is 18.0 Å². The Labute approximate surface area is 98.6 Å². The Morgan fingerprint density at radius 3 is 2.71 bits per heavy atom. The van der Waals surface area contributed by atoms with Gasteiger partial charge in [-0.2, -0.15) is 0 Å². The molecule has 1 aliphatic carbocycles. The Kier molecular flexibility index (Phi) is 3.41. The highest BCUT2D eigenvalue weighted by Crippen LogP contribution is 2.25. The number of nitrogens with one attached hydrogen (secondary N) is 2. The van der Waals surface area contributed by atoms with E-state index in [4.69, 9.17) is 5.73 Å². The number of aromatic amines is 1. The van der Waals surface area contributed by atoms with E-state index >= 15 is 0 Å². The lowest BCUT2D eigenvalue weighted by atomic mass is 9.85. The predicted octanol–water partition coefficient (Wildman–Crippen LogP) is 0.226. The lowest BCUT2D eigenvalue weighted by Gasteiger charge is -2.27. The monoisotopic (exact) mass is 236 g/mol. The minimum atomic E-state index is -0.210. The molecule has 0 aromatic carbocycles. The quantitative estimate of drug-likeness (QED) is 0.699. The minimum Gasteiger partial charge on any atom is -0.369 e. The van der Waals surface area contributed by atoms with Gasteiger partial charge in [-0.3, -0.25) is 9.59 Å². The molecule has 0 unspecified atom stereocenters. The molecule has 1 fully saturated rings. The van der Waals surface area contributed by atoms with Crippen molar-refractivity contribution in [2.45, 2.75) is 31.7 Å². The summed E-state index contributed by atoms with van der Waals surface area (Å²) in [4.78, 5) is 28.6. The zero-order chi connectivity index (χ0) is 12.3. The van der Waals surface area contributed by atoms with Gasteiger partial charge in [-0.1, -0.05) is 0 Å². The summed E-state index contributed by atoms with van der Waals surface area (Å²) in [5, 5.41) is 3.20. The summed E-state index contributed by atoms with van der Waals surface area (Å²) in [6.45, 7) is 0. The average molecular weight is 236 g/mol. The van der Waals surface area contributed by atoms with Crippen LogP contribution in [0, 0.1) is 5.92 Å². The van der Waals surface area contributed by atoms with Crippen LogP contribution in [0.15, 0.2) is 17.2 Å². The maximum atomic E-state index is 11.1. The molecule has 1 aromatic rings. The fraction of sp³-hybridized carbons (Fsp3) is 0.545. The zero-order valence-electron chi connectivity index (χ0n) is 9.48. The van der Waals surface area contributed by atoms with Crippen LogP contribution in [-0.2, 0) is 4.79 Å². The van der Waals surface area contributed by atoms with E-state index in [0.717, 1.165) is 25.7 Å². The SMILES string of the molecule is NC(=O)C1CCC(Nc2cc(=O)[nH]cn2)CC1. The van der Waals surface area contributed by atoms with Gasteiger partial charge in [-0.25, -0.2) is 4.98 Å². The molecule has 6 heteroatoms. The Balaban J connectivity index is 1.90. The topological polar surface area (TPSA) is 101 Å². The smallest absolute Gasteiger partial charge is 0.252 e. The van der Waals surface area contributed by atoms with Crippen molar-refractivity contribution >= 4 is 11.7 Å². The van der Waals surface area contributed by atoms with E-state index in [9.17, 15) is 9.59 Å². The van der Waals surface area contributed by atoms with Crippen molar-refractivity contribution in [3.8, 4) is 0 Å². The van der Waals surface area contributed by atoms with E-state index in [0.29, 0.717) is 5.82 Å². The molecule has 0 atom stereocenters. The number of aromatic nitrogens is 2. The summed E-state index contributed by atoms with van der Waals surface area (Å²) in [6.07, 6.45) is 4.73. The van der Waals surface area contributed by atoms with Crippen LogP contribution in [0.2, 0.25) is 0 Å². The second kappa shape index (κ2) is 4.99. The summed E-state index contributed by atoms with van der Waals surface area (Å²) in [6, 6.07) is 1.69. The minimum absolute atomic E-state index is 0.000172. The number of primary amides is 1. The highest BCUT2D eigenvalue weighted by Gasteiger charge is 2.24. The second-order valence-corrected chi connectivity index (χ2v) is 4.39. The number of hydrogen-bond donors (Lipinski definition) is 3. The Bertz CT molecular complexity index is 449. The first-order valence-corrected chi connectivity index (χ1v) is 5.76. The third kappa shape index (κ3) is 3.05. The lowest BCUT2D eigenvalue weighted by Crippen LogP contribution is -2.32. The molecule has 17 heavy (non-hydrogen) atoms. The van der Waals surface area contributed by atoms with E-state index in [-0.39, 0.29) is 23.4 Å². The Hall–Kier alpha value is -1.85. The molecule has 1 heterocycles. The molecule has 92 valence electrons. The van der Waals surface area contributed by atoms with Gasteiger partial charge in [0.2, 0.25) is 5.91 Å². The van der Waals surface area contributed by atoms with Gasteiger partial charge in [0.1, 0.15) is 5.82 Å². The number of anilines is 1. The number of carbonyl (C=O) groups excluding carboxylic acids is 1. The summed E-state index contributed by atoms with van der Waals surface area (Å²) in [5.41, 5.74) is 5.10. The molecule has 1 saturated carbocycles. The molecule has 1 aromatic heterocycles. The van der Waals surface area contributed by atoms with Crippen molar-refractivity contribution in [2.24, 2.45) is 11.7 Å². The Morgan fingerprint density at radius 1 is 1.41 bits per heavy atom. The van der Waals surface area contributed by atoms with Crippen LogP contribution < -0.4 is 16.6 Å². The van der Waals surface area contributed by atoms with Crippen molar-refractivity contribution < 1.29 is 4.79 Å². The van der Waals surface area contributed by atoms with Crippen molar-refractivity contribution in [3.63, 3.8) is 0 Å². The molecule has 0 saturated heterocycles. The molecular formula is C11H16N4O2. The summed E-state index contributed by atoms with van der Waals surface area (Å²) < 4.78 is 0. The van der Waals surface area contributed by atoms with Crippen LogP contribution in [-0.4, -0.2) is 21.9 Å². The number of hydrogen-bond acceptors (Lipinski definition) is 4. The van der Waals surface area contributed by atoms with Crippen LogP contribution in [0.5, 0.6) is 0 Å². The second-order valence-electron chi connectivity index (χ2n) is 4.39. The number of rotatable bonds is 3. The Morgan fingerprint density at radius 2 is 2.12 bits per heavy atom. The molecule has 6 nitrogen and oxygen atoms in total. The lowest BCUT2D eigenvalue weighted by molar-refractivity contribution is -0.122. The number of carbonyl (C=O) groups is 1. The molecule has 1 aliphatic rings. The van der Waals surface area contributed by atoms with Crippen LogP contribution in [0.1, 0.15) is 25.7 Å². The molecule has 0 radical (unpaired) electrons. The largest absolute Gasteiger partial charge is 0.369 e. The van der Waals surface area contributed by atoms with Gasteiger partial charge < -0.3 is 16.0 Å². The summed E-state index contributed by atoms with van der Waals surface area (Å²) >= 11 is 0. The molecule has 2 rings (SSSR count). The molecule has 1 amide bonds. The molecule has 4 N–H and O–H groups in total. The van der Waals surface area contributed by atoms with Crippen molar-refractivity contribution in [1.29, 1.82) is 0 Å². The van der Waals surface area contributed by atoms with Crippen LogP contribution in [0.4, 0.5) is 5.82 Å². The number of amides is 1. The fourth-order valence-electron chi connectivity index (χ4n) is 2.18. The first kappa shape index (κ1) is 11.6. The van der Waals surface area contributed by atoms with Crippen LogP contribution >= 0.6 is 0 Å². The van der Waals surface area contributed by atoms with Crippen molar-refractivity contribution in [1.82, 2.24) is 9.97 Å². The first-order valence-electron chi connectivity index (χ1n) is 5.76. The third-order valence-electron chi connectivity index (χ3n) is 3.16. The molecule has 0 aliphatic heterocycles. The number of nitrogens with zero attached hydrogens (tertiary/aromatic N) is 1. The average Bonchev–Trinajstić information content (AvgIpc) is 2.29. The molecule has 0 bridgehead atoms. The normalized spacial score (nSPS) is 24.2. The van der Waals surface area contributed by atoms with Gasteiger partial charge in [0.25, 0.3) is 5.56 Å². The fourth-order valence-corrected chi connectivity index (χ4v) is 2.18. The molecule has 0 spiro atoms. The van der Waals surface area contributed by atoms with E-state index < -0.39 is 0 Å². The van der Waals surface area contributed by atoms with E-state index in [2.05, 4.69) is 15.3 Å². The summed E-state index contributed by atoms with van der Waals surface area (Å²) in [5.74, 6) is 0.370. The van der Waals surface area contributed by atoms with E-state index in [1.807, 2.05) is 0 Å². The summed E-state index contributed by atoms with van der Waals surface area (Å²) in [7, 11) is 0. The predicted molar refractivity (Wildman–Crippen MR) is 63.4 cm³/mol. The van der Waals surface area contributed by atoms with Crippen molar-refractivity contribution in [2.75, 3.05) is 5.32 Å². The maximum Gasteiger partial charge on any atom is 0.252 e.